The molecule has 2 aromatic carbocycles. The predicted molar refractivity (Wildman–Crippen MR) is 119 cm³/mol. The molecule has 2 heterocycles. The van der Waals surface area contributed by atoms with Gasteiger partial charge in [0.15, 0.2) is 11.6 Å². The van der Waals surface area contributed by atoms with Crippen molar-refractivity contribution in [1.29, 1.82) is 0 Å². The third-order valence-electron chi connectivity index (χ3n) is 5.33. The summed E-state index contributed by atoms with van der Waals surface area (Å²) in [5.41, 5.74) is 4.93. The number of Topliss-reactive ketones (excluding diaryl/α,β-unsaturated/α-hetero) is 1. The van der Waals surface area contributed by atoms with Gasteiger partial charge in [-0.2, -0.15) is 5.10 Å². The van der Waals surface area contributed by atoms with Gasteiger partial charge in [-0.3, -0.25) is 10.2 Å². The molecule has 0 atom stereocenters. The fourth-order valence-corrected chi connectivity index (χ4v) is 3.75. The maximum absolute atomic E-state index is 14.1. The number of piperazine rings is 1. The van der Waals surface area contributed by atoms with Crippen LogP contribution in [-0.4, -0.2) is 42.7 Å². The highest BCUT2D eigenvalue weighted by Crippen LogP contribution is 2.22. The molecule has 0 saturated carbocycles. The molecule has 7 nitrogen and oxygen atoms in total. The Labute approximate surface area is 178 Å². The van der Waals surface area contributed by atoms with Crippen molar-refractivity contribution in [2.45, 2.75) is 13.8 Å². The van der Waals surface area contributed by atoms with Crippen molar-refractivity contribution < 1.29 is 13.6 Å². The van der Waals surface area contributed by atoms with Crippen LogP contribution in [0.1, 0.15) is 12.5 Å². The largest absolute Gasteiger partial charge is 0.423 e. The van der Waals surface area contributed by atoms with Gasteiger partial charge in [-0.15, -0.1) is 0 Å². The minimum absolute atomic E-state index is 0.171. The Bertz CT molecular complexity index is 1210. The summed E-state index contributed by atoms with van der Waals surface area (Å²) in [5.74, 6) is -0.120. The minimum atomic E-state index is -0.414. The van der Waals surface area contributed by atoms with Gasteiger partial charge >= 0.3 is 5.63 Å². The van der Waals surface area contributed by atoms with Crippen molar-refractivity contribution in [3.8, 4) is 0 Å². The number of rotatable bonds is 4. The van der Waals surface area contributed by atoms with Crippen LogP contribution in [0, 0.1) is 12.7 Å². The van der Waals surface area contributed by atoms with E-state index < -0.39 is 5.63 Å². The summed E-state index contributed by atoms with van der Waals surface area (Å²) in [6, 6.07) is 13.5. The summed E-state index contributed by atoms with van der Waals surface area (Å²) >= 11 is 0. The molecule has 4 rings (SSSR count). The summed E-state index contributed by atoms with van der Waals surface area (Å²) in [6.45, 7) is 5.55. The second-order valence-corrected chi connectivity index (χ2v) is 7.49. The molecule has 31 heavy (non-hydrogen) atoms. The molecule has 0 unspecified atom stereocenters. The number of fused-ring (bicyclic) bond motifs is 1. The fourth-order valence-electron chi connectivity index (χ4n) is 3.75. The molecule has 0 aliphatic carbocycles. The lowest BCUT2D eigenvalue weighted by molar-refractivity contribution is -0.111. The number of ketones is 1. The first-order chi connectivity index (χ1) is 14.9. The van der Waals surface area contributed by atoms with Gasteiger partial charge in [0.1, 0.15) is 11.4 Å². The van der Waals surface area contributed by atoms with Gasteiger partial charge in [0.2, 0.25) is 0 Å². The lowest BCUT2D eigenvalue weighted by Gasteiger charge is -2.37. The van der Waals surface area contributed by atoms with Crippen molar-refractivity contribution in [2.24, 2.45) is 5.10 Å². The van der Waals surface area contributed by atoms with Crippen LogP contribution in [0.25, 0.3) is 11.0 Å². The van der Waals surface area contributed by atoms with Gasteiger partial charge in [-0.25, -0.2) is 9.18 Å². The van der Waals surface area contributed by atoms with Crippen LogP contribution < -0.4 is 16.0 Å². The molecule has 1 saturated heterocycles. The van der Waals surface area contributed by atoms with Crippen LogP contribution in [0.3, 0.4) is 0 Å². The van der Waals surface area contributed by atoms with Crippen molar-refractivity contribution in [2.75, 3.05) is 36.5 Å². The molecular formula is C23H23FN4O3. The topological polar surface area (TPSA) is 78.1 Å². The van der Waals surface area contributed by atoms with Crippen molar-refractivity contribution in [1.82, 2.24) is 4.90 Å². The molecule has 0 spiro atoms. The van der Waals surface area contributed by atoms with E-state index in [1.165, 1.54) is 19.1 Å². The van der Waals surface area contributed by atoms with Crippen molar-refractivity contribution in [3.05, 3.63) is 70.3 Å². The summed E-state index contributed by atoms with van der Waals surface area (Å²) < 4.78 is 19.3. The Kier molecular flexibility index (Phi) is 5.70. The Hall–Kier alpha value is -3.68. The molecule has 1 fully saturated rings. The highest BCUT2D eigenvalue weighted by atomic mass is 19.1. The van der Waals surface area contributed by atoms with Gasteiger partial charge in [-0.1, -0.05) is 12.1 Å². The summed E-state index contributed by atoms with van der Waals surface area (Å²) in [4.78, 5) is 27.7. The number of carbonyl (C=O) groups is 1. The second-order valence-electron chi connectivity index (χ2n) is 7.49. The van der Waals surface area contributed by atoms with Gasteiger partial charge in [-0.05, 0) is 36.8 Å². The van der Waals surface area contributed by atoms with E-state index in [4.69, 9.17) is 4.42 Å². The first-order valence-corrected chi connectivity index (χ1v) is 10.1. The van der Waals surface area contributed by atoms with Gasteiger partial charge in [0.05, 0.1) is 11.4 Å². The van der Waals surface area contributed by atoms with Crippen LogP contribution in [0.4, 0.5) is 15.8 Å². The number of hydrogen-bond donors (Lipinski definition) is 1. The number of hydrogen-bond acceptors (Lipinski definition) is 6. The molecule has 160 valence electrons. The van der Waals surface area contributed by atoms with E-state index in [1.807, 2.05) is 34.9 Å². The van der Waals surface area contributed by atoms with Gasteiger partial charge in [0, 0.05) is 50.6 Å². The molecule has 1 aliphatic rings. The van der Waals surface area contributed by atoms with E-state index >= 15 is 0 Å². The SMILES string of the molecule is CC(=O)/C(=N\Nc1ccc2c(C)cc(=O)oc2c1)N1CCN(c2ccccc2F)CC1. The van der Waals surface area contributed by atoms with E-state index in [0.29, 0.717) is 49.0 Å². The Balaban J connectivity index is 1.49. The highest BCUT2D eigenvalue weighted by molar-refractivity contribution is 6.38. The van der Waals surface area contributed by atoms with Gasteiger partial charge in [0.25, 0.3) is 0 Å². The zero-order chi connectivity index (χ0) is 22.0. The smallest absolute Gasteiger partial charge is 0.336 e. The molecular weight excluding hydrogens is 399 g/mol. The van der Waals surface area contributed by atoms with Crippen LogP contribution in [-0.2, 0) is 4.79 Å². The second kappa shape index (κ2) is 8.59. The predicted octanol–water partition coefficient (Wildman–Crippen LogP) is 3.38. The standard InChI is InChI=1S/C23H23FN4O3/c1-15-13-22(30)31-21-14-17(7-8-18(15)21)25-26-23(16(2)29)28-11-9-27(10-12-28)20-6-4-3-5-19(20)24/h3-8,13-14,25H,9-12H2,1-2H3/b26-23+. The summed E-state index contributed by atoms with van der Waals surface area (Å²) in [6.07, 6.45) is 0. The molecule has 0 bridgehead atoms. The lowest BCUT2D eigenvalue weighted by atomic mass is 10.1. The molecule has 3 aromatic rings. The number of nitrogens with one attached hydrogen (secondary N) is 1. The van der Waals surface area contributed by atoms with Crippen LogP contribution >= 0.6 is 0 Å². The maximum atomic E-state index is 14.1. The highest BCUT2D eigenvalue weighted by Gasteiger charge is 2.24. The monoisotopic (exact) mass is 422 g/mol. The fraction of sp³-hybridized carbons (Fsp3) is 0.261. The summed E-state index contributed by atoms with van der Waals surface area (Å²) in [5, 5.41) is 5.15. The number of halogens is 1. The minimum Gasteiger partial charge on any atom is -0.423 e. The van der Waals surface area contributed by atoms with Crippen LogP contribution in [0.2, 0.25) is 0 Å². The van der Waals surface area contributed by atoms with E-state index in [1.54, 1.807) is 18.2 Å². The third kappa shape index (κ3) is 4.42. The van der Waals surface area contributed by atoms with E-state index in [9.17, 15) is 14.0 Å². The Morgan fingerprint density at radius 2 is 1.84 bits per heavy atom. The number of hydrazone groups is 1. The first kappa shape index (κ1) is 20.6. The normalized spacial score (nSPS) is 14.7. The molecule has 1 aliphatic heterocycles. The molecule has 0 radical (unpaired) electrons. The van der Waals surface area contributed by atoms with E-state index in [-0.39, 0.29) is 11.6 Å². The molecule has 0 amide bonds. The number of para-hydroxylation sites is 1. The van der Waals surface area contributed by atoms with Crippen molar-refractivity contribution >= 4 is 34.0 Å². The average Bonchev–Trinajstić information content (AvgIpc) is 2.74. The third-order valence-corrected chi connectivity index (χ3v) is 5.33. The van der Waals surface area contributed by atoms with E-state index in [0.717, 1.165) is 10.9 Å². The summed E-state index contributed by atoms with van der Waals surface area (Å²) in [7, 11) is 0. The van der Waals surface area contributed by atoms with Gasteiger partial charge < -0.3 is 14.2 Å². The quantitative estimate of drug-likeness (QED) is 0.301. The Morgan fingerprint density at radius 3 is 2.55 bits per heavy atom. The molecule has 1 N–H and O–H groups in total. The zero-order valence-corrected chi connectivity index (χ0v) is 17.4. The number of amidine groups is 1. The number of aryl methyl sites for hydroxylation is 1. The number of anilines is 2. The first-order valence-electron chi connectivity index (χ1n) is 10.1. The Morgan fingerprint density at radius 1 is 1.10 bits per heavy atom. The number of carbonyl (C=O) groups excluding carboxylic acids is 1. The molecule has 1 aromatic heterocycles. The van der Waals surface area contributed by atoms with Crippen LogP contribution in [0.5, 0.6) is 0 Å². The van der Waals surface area contributed by atoms with Crippen LogP contribution in [0.15, 0.2) is 62.8 Å². The lowest BCUT2D eigenvalue weighted by Crippen LogP contribution is -2.50. The number of nitrogens with zero attached hydrogens (tertiary/aromatic N) is 3. The molecule has 8 heteroatoms. The zero-order valence-electron chi connectivity index (χ0n) is 17.4. The maximum Gasteiger partial charge on any atom is 0.336 e. The van der Waals surface area contributed by atoms with Crippen molar-refractivity contribution in [3.63, 3.8) is 0 Å². The average molecular weight is 422 g/mol. The van der Waals surface area contributed by atoms with E-state index in [2.05, 4.69) is 10.5 Å². The number of benzene rings is 2.